The third kappa shape index (κ3) is 3.74. The molecule has 0 fully saturated rings. The van der Waals surface area contributed by atoms with Gasteiger partial charge in [-0.2, -0.15) is 9.50 Å². The Kier molecular flexibility index (Phi) is 4.85. The lowest BCUT2D eigenvalue weighted by atomic mass is 10.1. The summed E-state index contributed by atoms with van der Waals surface area (Å²) in [6.45, 7) is 3.33. The second-order valence-electron chi connectivity index (χ2n) is 6.42. The Morgan fingerprint density at radius 3 is 2.55 bits per heavy atom. The fraction of sp³-hybridized carbons (Fsp3) is 0.143. The van der Waals surface area contributed by atoms with Crippen molar-refractivity contribution in [3.63, 3.8) is 0 Å². The van der Waals surface area contributed by atoms with Gasteiger partial charge in [-0.15, -0.1) is 5.10 Å². The molecule has 29 heavy (non-hydrogen) atoms. The van der Waals surface area contributed by atoms with E-state index in [4.69, 9.17) is 9.47 Å². The van der Waals surface area contributed by atoms with Crippen LogP contribution in [0.5, 0.6) is 11.5 Å². The summed E-state index contributed by atoms with van der Waals surface area (Å²) in [6.07, 6.45) is 1.73. The topological polar surface area (TPSA) is 82.8 Å². The van der Waals surface area contributed by atoms with E-state index in [0.717, 1.165) is 16.7 Å². The maximum Gasteiger partial charge on any atom is 0.308 e. The molecular formula is C21H17N3O4S. The summed E-state index contributed by atoms with van der Waals surface area (Å²) >= 11 is 1.26. The van der Waals surface area contributed by atoms with Crippen LogP contribution < -0.4 is 19.6 Å². The average molecular weight is 407 g/mol. The number of aryl methyl sites for hydroxylation is 1. The van der Waals surface area contributed by atoms with Crippen LogP contribution in [0.15, 0.2) is 47.3 Å². The van der Waals surface area contributed by atoms with E-state index >= 15 is 0 Å². The predicted octanol–water partition coefficient (Wildman–Crippen LogP) is 2.61. The molecule has 8 heteroatoms. The van der Waals surface area contributed by atoms with E-state index in [9.17, 15) is 9.59 Å². The second-order valence-corrected chi connectivity index (χ2v) is 7.42. The molecular weight excluding hydrogens is 390 g/mol. The molecule has 0 aliphatic rings. The molecule has 0 aliphatic carbocycles. The number of carbonyl (C=O) groups excluding carboxylic acids is 1. The summed E-state index contributed by atoms with van der Waals surface area (Å²) in [6, 6.07) is 12.9. The lowest BCUT2D eigenvalue weighted by Gasteiger charge is -2.08. The molecule has 0 unspecified atom stereocenters. The molecule has 2 heterocycles. The van der Waals surface area contributed by atoms with Gasteiger partial charge in [0.2, 0.25) is 4.96 Å². The van der Waals surface area contributed by atoms with Crippen molar-refractivity contribution >= 4 is 28.3 Å². The van der Waals surface area contributed by atoms with Crippen LogP contribution in [0.3, 0.4) is 0 Å². The van der Waals surface area contributed by atoms with Gasteiger partial charge in [-0.05, 0) is 30.7 Å². The molecule has 0 atom stereocenters. The monoisotopic (exact) mass is 407 g/mol. The van der Waals surface area contributed by atoms with Crippen LogP contribution >= 0.6 is 11.3 Å². The Balaban J connectivity index is 1.73. The van der Waals surface area contributed by atoms with Crippen LogP contribution in [0.4, 0.5) is 0 Å². The zero-order valence-corrected chi connectivity index (χ0v) is 16.8. The molecule has 2 aromatic heterocycles. The SMILES string of the molecule is COc1cc(/C=c2\sc3nc(-c4ccc(C)cc4)nn3c2=O)ccc1OC(C)=O. The Morgan fingerprint density at radius 2 is 1.90 bits per heavy atom. The summed E-state index contributed by atoms with van der Waals surface area (Å²) in [7, 11) is 1.49. The largest absolute Gasteiger partial charge is 0.493 e. The number of hydrogen-bond donors (Lipinski definition) is 0. The standard InChI is InChI=1S/C21H17N3O4S/c1-12-4-7-15(8-5-12)19-22-21-24(23-19)20(26)18(29-21)11-14-6-9-16(28-13(2)25)17(10-14)27-3/h4-11H,1-3H3/b18-11-. The maximum atomic E-state index is 12.7. The van der Waals surface area contributed by atoms with Gasteiger partial charge in [0.25, 0.3) is 5.56 Å². The van der Waals surface area contributed by atoms with E-state index in [1.165, 1.54) is 29.9 Å². The van der Waals surface area contributed by atoms with E-state index in [1.807, 2.05) is 31.2 Å². The summed E-state index contributed by atoms with van der Waals surface area (Å²) < 4.78 is 12.2. The third-order valence-corrected chi connectivity index (χ3v) is 5.19. The molecule has 0 N–H and O–H groups in total. The van der Waals surface area contributed by atoms with Crippen molar-refractivity contribution in [2.45, 2.75) is 13.8 Å². The summed E-state index contributed by atoms with van der Waals surface area (Å²) in [5.74, 6) is 0.816. The van der Waals surface area contributed by atoms with Crippen LogP contribution in [0, 0.1) is 6.92 Å². The molecule has 0 saturated heterocycles. The van der Waals surface area contributed by atoms with Crippen molar-refractivity contribution in [3.05, 3.63) is 68.5 Å². The zero-order chi connectivity index (χ0) is 20.5. The number of esters is 1. The minimum Gasteiger partial charge on any atom is -0.493 e. The molecule has 0 bridgehead atoms. The van der Waals surface area contributed by atoms with Crippen LogP contribution in [0.2, 0.25) is 0 Å². The highest BCUT2D eigenvalue weighted by Gasteiger charge is 2.12. The van der Waals surface area contributed by atoms with Gasteiger partial charge in [-0.3, -0.25) is 9.59 Å². The van der Waals surface area contributed by atoms with Crippen LogP contribution in [-0.4, -0.2) is 27.7 Å². The number of carbonyl (C=O) groups is 1. The normalized spacial score (nSPS) is 11.8. The van der Waals surface area contributed by atoms with Gasteiger partial charge >= 0.3 is 5.97 Å². The molecule has 0 radical (unpaired) electrons. The Bertz CT molecular complexity index is 1320. The number of ether oxygens (including phenoxy) is 2. The lowest BCUT2D eigenvalue weighted by Crippen LogP contribution is -2.23. The highest BCUT2D eigenvalue weighted by Crippen LogP contribution is 2.28. The number of methoxy groups -OCH3 is 1. The van der Waals surface area contributed by atoms with Crippen molar-refractivity contribution in [2.24, 2.45) is 0 Å². The molecule has 0 amide bonds. The van der Waals surface area contributed by atoms with Crippen molar-refractivity contribution in [1.29, 1.82) is 0 Å². The van der Waals surface area contributed by atoms with Gasteiger partial charge in [0, 0.05) is 12.5 Å². The van der Waals surface area contributed by atoms with Gasteiger partial charge in [-0.1, -0.05) is 47.2 Å². The summed E-state index contributed by atoms with van der Waals surface area (Å²) in [5, 5.41) is 4.36. The average Bonchev–Trinajstić information content (AvgIpc) is 3.23. The summed E-state index contributed by atoms with van der Waals surface area (Å²) in [5.41, 5.74) is 2.51. The van der Waals surface area contributed by atoms with E-state index in [0.29, 0.717) is 26.8 Å². The minimum atomic E-state index is -0.434. The van der Waals surface area contributed by atoms with E-state index in [-0.39, 0.29) is 5.56 Å². The molecule has 0 aliphatic heterocycles. The zero-order valence-electron chi connectivity index (χ0n) is 16.0. The minimum absolute atomic E-state index is 0.237. The Labute approximate surface area is 169 Å². The number of thiazole rings is 1. The number of fused-ring (bicyclic) bond motifs is 1. The van der Waals surface area contributed by atoms with Crippen molar-refractivity contribution in [2.75, 3.05) is 7.11 Å². The Hall–Kier alpha value is -3.52. The first-order valence-electron chi connectivity index (χ1n) is 8.79. The van der Waals surface area contributed by atoms with Crippen molar-refractivity contribution in [3.8, 4) is 22.9 Å². The second kappa shape index (κ2) is 7.48. The highest BCUT2D eigenvalue weighted by molar-refractivity contribution is 7.15. The Morgan fingerprint density at radius 1 is 1.14 bits per heavy atom. The highest BCUT2D eigenvalue weighted by atomic mass is 32.1. The van der Waals surface area contributed by atoms with Gasteiger partial charge in [0.15, 0.2) is 17.3 Å². The molecule has 7 nitrogen and oxygen atoms in total. The molecule has 4 rings (SSSR count). The molecule has 4 aromatic rings. The van der Waals surface area contributed by atoms with Crippen molar-refractivity contribution in [1.82, 2.24) is 14.6 Å². The predicted molar refractivity (Wildman–Crippen MR) is 110 cm³/mol. The number of hydrogen-bond acceptors (Lipinski definition) is 7. The fourth-order valence-electron chi connectivity index (χ4n) is 2.82. The van der Waals surface area contributed by atoms with Crippen molar-refractivity contribution < 1.29 is 14.3 Å². The van der Waals surface area contributed by atoms with Gasteiger partial charge in [0.05, 0.1) is 11.6 Å². The summed E-state index contributed by atoms with van der Waals surface area (Å²) in [4.78, 5) is 28.9. The molecule has 146 valence electrons. The van der Waals surface area contributed by atoms with E-state index < -0.39 is 5.97 Å². The molecule has 0 saturated carbocycles. The lowest BCUT2D eigenvalue weighted by molar-refractivity contribution is -0.132. The first-order chi connectivity index (χ1) is 13.9. The maximum absolute atomic E-state index is 12.7. The first kappa shape index (κ1) is 18.8. The van der Waals surface area contributed by atoms with Gasteiger partial charge < -0.3 is 9.47 Å². The molecule has 0 spiro atoms. The number of aromatic nitrogens is 3. The van der Waals surface area contributed by atoms with E-state index in [1.54, 1.807) is 24.3 Å². The number of nitrogens with zero attached hydrogens (tertiary/aromatic N) is 3. The third-order valence-electron chi connectivity index (χ3n) is 4.23. The quantitative estimate of drug-likeness (QED) is 0.382. The van der Waals surface area contributed by atoms with Gasteiger partial charge in [0.1, 0.15) is 0 Å². The number of benzene rings is 2. The smallest absolute Gasteiger partial charge is 0.308 e. The first-order valence-corrected chi connectivity index (χ1v) is 9.61. The van der Waals surface area contributed by atoms with Crippen LogP contribution in [-0.2, 0) is 4.79 Å². The molecule has 2 aromatic carbocycles. The van der Waals surface area contributed by atoms with E-state index in [2.05, 4.69) is 10.1 Å². The fourth-order valence-corrected chi connectivity index (χ4v) is 3.73. The van der Waals surface area contributed by atoms with Crippen LogP contribution in [0.25, 0.3) is 22.4 Å². The van der Waals surface area contributed by atoms with Gasteiger partial charge in [-0.25, -0.2) is 0 Å². The van der Waals surface area contributed by atoms with Crippen LogP contribution in [0.1, 0.15) is 18.1 Å². The number of rotatable bonds is 4.